The van der Waals surface area contributed by atoms with Crippen molar-refractivity contribution >= 4 is 23.5 Å². The van der Waals surface area contributed by atoms with Crippen LogP contribution in [0, 0.1) is 5.92 Å². The summed E-state index contributed by atoms with van der Waals surface area (Å²) in [6.07, 6.45) is 4.58. The summed E-state index contributed by atoms with van der Waals surface area (Å²) in [6, 6.07) is 11.4. The fraction of sp³-hybridized carbons (Fsp3) is 0.238. The topological polar surface area (TPSA) is 90.8 Å². The molecule has 0 fully saturated rings. The molecule has 2 amide bonds. The van der Waals surface area contributed by atoms with Gasteiger partial charge in [-0.15, -0.1) is 0 Å². The van der Waals surface area contributed by atoms with Crippen molar-refractivity contribution in [1.29, 1.82) is 0 Å². The van der Waals surface area contributed by atoms with Crippen LogP contribution >= 0.6 is 0 Å². The van der Waals surface area contributed by atoms with Crippen molar-refractivity contribution in [3.8, 4) is 0 Å². The van der Waals surface area contributed by atoms with Gasteiger partial charge >= 0.3 is 5.97 Å². The lowest BCUT2D eigenvalue weighted by molar-refractivity contribution is -0.144. The molecule has 1 atom stereocenters. The van der Waals surface area contributed by atoms with E-state index in [9.17, 15) is 19.5 Å². The zero-order chi connectivity index (χ0) is 20.3. The van der Waals surface area contributed by atoms with Crippen LogP contribution in [0.15, 0.2) is 61.1 Å². The first-order valence-corrected chi connectivity index (χ1v) is 8.93. The van der Waals surface area contributed by atoms with Crippen LogP contribution in [-0.4, -0.2) is 50.3 Å². The molecule has 2 aromatic rings. The minimum Gasteiger partial charge on any atom is -0.480 e. The SMILES string of the molecule is CC(C)[C@@H]1C(=O)N(CC(=O)O)C(c2ccccc2)=CN1C(=O)c1cccnc1. The van der Waals surface area contributed by atoms with Gasteiger partial charge in [0.15, 0.2) is 0 Å². The van der Waals surface area contributed by atoms with Crippen LogP contribution in [0.5, 0.6) is 0 Å². The number of hydrogen-bond acceptors (Lipinski definition) is 4. The minimum atomic E-state index is -1.12. The summed E-state index contributed by atoms with van der Waals surface area (Å²) in [4.78, 5) is 44.4. The first kappa shape index (κ1) is 19.3. The van der Waals surface area contributed by atoms with Crippen molar-refractivity contribution in [2.75, 3.05) is 6.54 Å². The van der Waals surface area contributed by atoms with E-state index >= 15 is 0 Å². The van der Waals surface area contributed by atoms with E-state index in [2.05, 4.69) is 4.98 Å². The highest BCUT2D eigenvalue weighted by Crippen LogP contribution is 2.30. The Hall–Kier alpha value is -3.48. The van der Waals surface area contributed by atoms with E-state index in [0.29, 0.717) is 16.8 Å². The largest absolute Gasteiger partial charge is 0.480 e. The van der Waals surface area contributed by atoms with Crippen LogP contribution in [0.25, 0.3) is 5.70 Å². The minimum absolute atomic E-state index is 0.210. The summed E-state index contributed by atoms with van der Waals surface area (Å²) < 4.78 is 0. The molecule has 0 saturated heterocycles. The van der Waals surface area contributed by atoms with E-state index in [-0.39, 0.29) is 11.8 Å². The standard InChI is InChI=1S/C21H21N3O4/c1-14(2)19-21(28)23(13-18(25)26)17(15-7-4-3-5-8-15)12-24(19)20(27)16-9-6-10-22-11-16/h3-12,14,19H,13H2,1-2H3,(H,25,26)/t19-/m1/s1. The van der Waals surface area contributed by atoms with Gasteiger partial charge in [0.05, 0.1) is 11.3 Å². The summed E-state index contributed by atoms with van der Waals surface area (Å²) in [7, 11) is 0. The van der Waals surface area contributed by atoms with Gasteiger partial charge < -0.3 is 10.0 Å². The molecule has 0 radical (unpaired) electrons. The number of rotatable bonds is 5. The van der Waals surface area contributed by atoms with Crippen LogP contribution in [-0.2, 0) is 9.59 Å². The van der Waals surface area contributed by atoms with Gasteiger partial charge in [0.2, 0.25) is 0 Å². The smallest absolute Gasteiger partial charge is 0.323 e. The summed E-state index contributed by atoms with van der Waals surface area (Å²) in [5.41, 5.74) is 1.39. The molecule has 0 saturated carbocycles. The molecule has 144 valence electrons. The van der Waals surface area contributed by atoms with Crippen molar-refractivity contribution in [3.63, 3.8) is 0 Å². The van der Waals surface area contributed by atoms with Gasteiger partial charge in [0.1, 0.15) is 12.6 Å². The lowest BCUT2D eigenvalue weighted by Crippen LogP contribution is -2.55. The molecular weight excluding hydrogens is 358 g/mol. The number of aliphatic carboxylic acids is 1. The molecule has 28 heavy (non-hydrogen) atoms. The number of hydrogen-bond donors (Lipinski definition) is 1. The summed E-state index contributed by atoms with van der Waals surface area (Å²) in [5, 5.41) is 9.32. The van der Waals surface area contributed by atoms with Crippen molar-refractivity contribution in [2.45, 2.75) is 19.9 Å². The number of nitrogens with zero attached hydrogens (tertiary/aromatic N) is 3. The molecule has 1 aromatic carbocycles. The Kier molecular flexibility index (Phi) is 5.54. The molecule has 0 bridgehead atoms. The summed E-state index contributed by atoms with van der Waals surface area (Å²) in [6.45, 7) is 3.18. The molecule has 0 spiro atoms. The Bertz CT molecular complexity index is 910. The first-order valence-electron chi connectivity index (χ1n) is 8.93. The normalized spacial score (nSPS) is 16.9. The van der Waals surface area contributed by atoms with Crippen LogP contribution in [0.4, 0.5) is 0 Å². The predicted molar refractivity (Wildman–Crippen MR) is 103 cm³/mol. The monoisotopic (exact) mass is 379 g/mol. The fourth-order valence-corrected chi connectivity index (χ4v) is 3.25. The van der Waals surface area contributed by atoms with E-state index < -0.39 is 24.5 Å². The third kappa shape index (κ3) is 3.78. The van der Waals surface area contributed by atoms with Gasteiger partial charge in [-0.05, 0) is 23.6 Å². The second-order valence-corrected chi connectivity index (χ2v) is 6.84. The van der Waals surface area contributed by atoms with Crippen molar-refractivity contribution in [2.24, 2.45) is 5.92 Å². The van der Waals surface area contributed by atoms with Crippen molar-refractivity contribution in [1.82, 2.24) is 14.8 Å². The second kappa shape index (κ2) is 8.04. The van der Waals surface area contributed by atoms with E-state index in [0.717, 1.165) is 0 Å². The summed E-state index contributed by atoms with van der Waals surface area (Å²) >= 11 is 0. The highest BCUT2D eigenvalue weighted by molar-refractivity contribution is 6.03. The molecule has 1 aromatic heterocycles. The Morgan fingerprint density at radius 2 is 1.86 bits per heavy atom. The van der Waals surface area contributed by atoms with Crippen LogP contribution in [0.3, 0.4) is 0 Å². The van der Waals surface area contributed by atoms with E-state index in [1.807, 2.05) is 19.9 Å². The van der Waals surface area contributed by atoms with Gasteiger partial charge in [-0.25, -0.2) is 0 Å². The number of amides is 2. The molecule has 0 aliphatic carbocycles. The summed E-state index contributed by atoms with van der Waals surface area (Å²) in [5.74, 6) is -2.11. The second-order valence-electron chi connectivity index (χ2n) is 6.84. The molecule has 1 N–H and O–H groups in total. The first-order chi connectivity index (χ1) is 13.4. The predicted octanol–water partition coefficient (Wildman–Crippen LogP) is 2.47. The van der Waals surface area contributed by atoms with Crippen LogP contribution < -0.4 is 0 Å². The Morgan fingerprint density at radius 3 is 2.43 bits per heavy atom. The highest BCUT2D eigenvalue weighted by atomic mass is 16.4. The molecule has 2 heterocycles. The molecule has 7 heteroatoms. The van der Waals surface area contributed by atoms with Gasteiger partial charge in [-0.1, -0.05) is 44.2 Å². The zero-order valence-electron chi connectivity index (χ0n) is 15.6. The quantitative estimate of drug-likeness (QED) is 0.862. The Morgan fingerprint density at radius 1 is 1.14 bits per heavy atom. The average molecular weight is 379 g/mol. The number of benzene rings is 1. The fourth-order valence-electron chi connectivity index (χ4n) is 3.25. The molecule has 1 aliphatic heterocycles. The van der Waals surface area contributed by atoms with Crippen molar-refractivity contribution < 1.29 is 19.5 Å². The van der Waals surface area contributed by atoms with E-state index in [1.54, 1.807) is 48.8 Å². The van der Waals surface area contributed by atoms with Gasteiger partial charge in [0, 0.05) is 18.6 Å². The number of carboxylic acids is 1. The van der Waals surface area contributed by atoms with Gasteiger partial charge in [-0.2, -0.15) is 0 Å². The Labute approximate surface area is 162 Å². The lowest BCUT2D eigenvalue weighted by Gasteiger charge is -2.40. The number of aromatic nitrogens is 1. The number of carbonyl (C=O) groups excluding carboxylic acids is 2. The molecule has 0 unspecified atom stereocenters. The van der Waals surface area contributed by atoms with Crippen LogP contribution in [0.2, 0.25) is 0 Å². The maximum atomic E-state index is 13.2. The third-order valence-corrected chi connectivity index (χ3v) is 4.51. The van der Waals surface area contributed by atoms with E-state index in [4.69, 9.17) is 0 Å². The van der Waals surface area contributed by atoms with Gasteiger partial charge in [-0.3, -0.25) is 24.3 Å². The number of pyridine rings is 1. The average Bonchev–Trinajstić information content (AvgIpc) is 2.69. The lowest BCUT2D eigenvalue weighted by atomic mass is 9.96. The molecular formula is C21H21N3O4. The molecule has 1 aliphatic rings. The molecule has 7 nitrogen and oxygen atoms in total. The van der Waals surface area contributed by atoms with E-state index in [1.165, 1.54) is 16.0 Å². The highest BCUT2D eigenvalue weighted by Gasteiger charge is 2.41. The maximum Gasteiger partial charge on any atom is 0.323 e. The zero-order valence-corrected chi connectivity index (χ0v) is 15.6. The van der Waals surface area contributed by atoms with Crippen LogP contribution in [0.1, 0.15) is 29.8 Å². The molecule has 3 rings (SSSR count). The third-order valence-electron chi connectivity index (χ3n) is 4.51. The number of carbonyl (C=O) groups is 3. The maximum absolute atomic E-state index is 13.2. The Balaban J connectivity index is 2.14. The van der Waals surface area contributed by atoms with Gasteiger partial charge in [0.25, 0.3) is 11.8 Å². The van der Waals surface area contributed by atoms with Crippen molar-refractivity contribution in [3.05, 3.63) is 72.2 Å². The number of carboxylic acid groups (broad SMARTS) is 1.